The molecule has 3 heteroatoms. The van der Waals surface area contributed by atoms with E-state index in [9.17, 15) is 4.79 Å². The van der Waals surface area contributed by atoms with E-state index in [-0.39, 0.29) is 0 Å². The lowest BCUT2D eigenvalue weighted by atomic mass is 10.0. The zero-order chi connectivity index (χ0) is 13.2. The van der Waals surface area contributed by atoms with E-state index >= 15 is 0 Å². The van der Waals surface area contributed by atoms with E-state index in [1.165, 1.54) is 0 Å². The van der Waals surface area contributed by atoms with Crippen molar-refractivity contribution in [2.45, 2.75) is 18.9 Å². The van der Waals surface area contributed by atoms with Crippen molar-refractivity contribution in [1.82, 2.24) is 0 Å². The van der Waals surface area contributed by atoms with Crippen LogP contribution in [0.5, 0.6) is 5.75 Å². The van der Waals surface area contributed by atoms with Crippen LogP contribution in [0.3, 0.4) is 0 Å². The van der Waals surface area contributed by atoms with E-state index in [2.05, 4.69) is 0 Å². The van der Waals surface area contributed by atoms with Gasteiger partial charge in [-0.1, -0.05) is 24.3 Å². The largest absolute Gasteiger partial charge is 0.490 e. The van der Waals surface area contributed by atoms with E-state index in [1.54, 1.807) is 12.1 Å². The number of rotatable bonds is 4. The monoisotopic (exact) mass is 254 g/mol. The van der Waals surface area contributed by atoms with Gasteiger partial charge in [-0.3, -0.25) is 0 Å². The molecule has 2 aromatic carbocycles. The SMILES string of the molecule is O=C(O)c1ccc(-c2cccc(OC3CC3)c2)cc1. The van der Waals surface area contributed by atoms with Gasteiger partial charge in [-0.05, 0) is 48.2 Å². The molecule has 0 atom stereocenters. The smallest absolute Gasteiger partial charge is 0.335 e. The second-order valence-electron chi connectivity index (χ2n) is 4.73. The molecule has 1 fully saturated rings. The van der Waals surface area contributed by atoms with Crippen molar-refractivity contribution in [2.75, 3.05) is 0 Å². The molecule has 0 amide bonds. The lowest BCUT2D eigenvalue weighted by molar-refractivity contribution is 0.0697. The Labute approximate surface area is 111 Å². The Kier molecular flexibility index (Phi) is 2.95. The van der Waals surface area contributed by atoms with E-state index < -0.39 is 5.97 Å². The second-order valence-corrected chi connectivity index (χ2v) is 4.73. The molecule has 1 N–H and O–H groups in total. The van der Waals surface area contributed by atoms with Gasteiger partial charge in [0.25, 0.3) is 0 Å². The van der Waals surface area contributed by atoms with Gasteiger partial charge in [0.1, 0.15) is 5.75 Å². The zero-order valence-electron chi connectivity index (χ0n) is 10.4. The molecular formula is C16H14O3. The van der Waals surface area contributed by atoms with Crippen LogP contribution in [0.1, 0.15) is 23.2 Å². The Hall–Kier alpha value is -2.29. The van der Waals surface area contributed by atoms with Crippen molar-refractivity contribution in [3.63, 3.8) is 0 Å². The number of carbonyl (C=O) groups is 1. The quantitative estimate of drug-likeness (QED) is 0.906. The third-order valence-electron chi connectivity index (χ3n) is 3.13. The average molecular weight is 254 g/mol. The zero-order valence-corrected chi connectivity index (χ0v) is 10.4. The first-order valence-electron chi connectivity index (χ1n) is 6.33. The first-order valence-corrected chi connectivity index (χ1v) is 6.33. The lowest BCUT2D eigenvalue weighted by Gasteiger charge is -2.07. The molecule has 1 aliphatic rings. The number of ether oxygens (including phenoxy) is 1. The maximum Gasteiger partial charge on any atom is 0.335 e. The standard InChI is InChI=1S/C16H14O3/c17-16(18)12-6-4-11(5-7-12)13-2-1-3-15(10-13)19-14-8-9-14/h1-7,10,14H,8-9H2,(H,17,18). The molecule has 3 nitrogen and oxygen atoms in total. The van der Waals surface area contributed by atoms with Crippen molar-refractivity contribution in [1.29, 1.82) is 0 Å². The highest BCUT2D eigenvalue weighted by atomic mass is 16.5. The highest BCUT2D eigenvalue weighted by Gasteiger charge is 2.23. The third kappa shape index (κ3) is 2.76. The van der Waals surface area contributed by atoms with Crippen LogP contribution in [0, 0.1) is 0 Å². The molecule has 0 saturated heterocycles. The van der Waals surface area contributed by atoms with Gasteiger partial charge in [-0.15, -0.1) is 0 Å². The van der Waals surface area contributed by atoms with Crippen LogP contribution in [0.2, 0.25) is 0 Å². The molecule has 2 aromatic rings. The molecule has 0 aromatic heterocycles. The van der Waals surface area contributed by atoms with Gasteiger partial charge < -0.3 is 9.84 Å². The minimum absolute atomic E-state index is 0.300. The van der Waals surface area contributed by atoms with E-state index in [4.69, 9.17) is 9.84 Å². The Morgan fingerprint density at radius 2 is 1.79 bits per heavy atom. The minimum Gasteiger partial charge on any atom is -0.490 e. The van der Waals surface area contributed by atoms with Crippen molar-refractivity contribution >= 4 is 5.97 Å². The molecule has 1 saturated carbocycles. The average Bonchev–Trinajstić information content (AvgIpc) is 3.23. The highest BCUT2D eigenvalue weighted by Crippen LogP contribution is 2.29. The molecule has 0 radical (unpaired) electrons. The van der Waals surface area contributed by atoms with Crippen LogP contribution in [0.4, 0.5) is 0 Å². The van der Waals surface area contributed by atoms with Crippen LogP contribution in [0.15, 0.2) is 48.5 Å². The molecule has 96 valence electrons. The van der Waals surface area contributed by atoms with Gasteiger partial charge in [0.15, 0.2) is 0 Å². The molecule has 0 bridgehead atoms. The maximum atomic E-state index is 10.8. The molecule has 0 unspecified atom stereocenters. The van der Waals surface area contributed by atoms with Crippen LogP contribution >= 0.6 is 0 Å². The fourth-order valence-electron chi connectivity index (χ4n) is 1.93. The summed E-state index contributed by atoms with van der Waals surface area (Å²) >= 11 is 0. The fourth-order valence-corrected chi connectivity index (χ4v) is 1.93. The van der Waals surface area contributed by atoms with Crippen LogP contribution in [-0.4, -0.2) is 17.2 Å². The minimum atomic E-state index is -0.905. The normalized spacial score (nSPS) is 14.1. The van der Waals surface area contributed by atoms with Crippen molar-refractivity contribution in [3.8, 4) is 16.9 Å². The summed E-state index contributed by atoms with van der Waals surface area (Å²) in [7, 11) is 0. The number of aromatic carboxylic acids is 1. The molecule has 0 heterocycles. The van der Waals surface area contributed by atoms with Gasteiger partial charge in [-0.25, -0.2) is 4.79 Å². The summed E-state index contributed by atoms with van der Waals surface area (Å²) in [5.41, 5.74) is 2.33. The van der Waals surface area contributed by atoms with Gasteiger partial charge in [0, 0.05) is 0 Å². The Morgan fingerprint density at radius 1 is 1.05 bits per heavy atom. The van der Waals surface area contributed by atoms with Crippen molar-refractivity contribution < 1.29 is 14.6 Å². The molecule has 19 heavy (non-hydrogen) atoms. The first-order chi connectivity index (χ1) is 9.22. The van der Waals surface area contributed by atoms with Gasteiger partial charge in [0.05, 0.1) is 11.7 Å². The molecule has 0 spiro atoms. The number of benzene rings is 2. The lowest BCUT2D eigenvalue weighted by Crippen LogP contribution is -1.96. The van der Waals surface area contributed by atoms with Crippen molar-refractivity contribution in [3.05, 3.63) is 54.1 Å². The van der Waals surface area contributed by atoms with Gasteiger partial charge in [-0.2, -0.15) is 0 Å². The molecule has 3 rings (SSSR count). The second kappa shape index (κ2) is 4.76. The summed E-state index contributed by atoms with van der Waals surface area (Å²) in [5, 5.41) is 8.88. The summed E-state index contributed by atoms with van der Waals surface area (Å²) < 4.78 is 5.76. The fraction of sp³-hybridized carbons (Fsp3) is 0.188. The molecule has 0 aliphatic heterocycles. The predicted molar refractivity (Wildman–Crippen MR) is 72.5 cm³/mol. The summed E-state index contributed by atoms with van der Waals surface area (Å²) in [5.74, 6) is -0.0281. The Bertz CT molecular complexity index is 598. The topological polar surface area (TPSA) is 46.5 Å². The van der Waals surface area contributed by atoms with Gasteiger partial charge in [0.2, 0.25) is 0 Å². The number of carboxylic acids is 1. The summed E-state index contributed by atoms with van der Waals surface area (Å²) in [6.45, 7) is 0. The third-order valence-corrected chi connectivity index (χ3v) is 3.13. The molecule has 1 aliphatic carbocycles. The maximum absolute atomic E-state index is 10.8. The Balaban J connectivity index is 1.85. The highest BCUT2D eigenvalue weighted by molar-refractivity contribution is 5.88. The van der Waals surface area contributed by atoms with E-state index in [0.29, 0.717) is 11.7 Å². The van der Waals surface area contributed by atoms with Crippen molar-refractivity contribution in [2.24, 2.45) is 0 Å². The Morgan fingerprint density at radius 3 is 2.42 bits per heavy atom. The van der Waals surface area contributed by atoms with E-state index in [0.717, 1.165) is 29.7 Å². The summed E-state index contributed by atoms with van der Waals surface area (Å²) in [6.07, 6.45) is 2.65. The number of hydrogen-bond acceptors (Lipinski definition) is 2. The van der Waals surface area contributed by atoms with Crippen LogP contribution in [-0.2, 0) is 0 Å². The van der Waals surface area contributed by atoms with Crippen LogP contribution < -0.4 is 4.74 Å². The number of carboxylic acid groups (broad SMARTS) is 1. The summed E-state index contributed by atoms with van der Waals surface area (Å²) in [6, 6.07) is 14.8. The molecular weight excluding hydrogens is 240 g/mol. The van der Waals surface area contributed by atoms with Crippen LogP contribution in [0.25, 0.3) is 11.1 Å². The summed E-state index contributed by atoms with van der Waals surface area (Å²) in [4.78, 5) is 10.8. The first kappa shape index (κ1) is 11.8. The van der Waals surface area contributed by atoms with E-state index in [1.807, 2.05) is 36.4 Å². The van der Waals surface area contributed by atoms with Gasteiger partial charge >= 0.3 is 5.97 Å². The number of hydrogen-bond donors (Lipinski definition) is 1. The predicted octanol–water partition coefficient (Wildman–Crippen LogP) is 3.59.